The van der Waals surface area contributed by atoms with Crippen LogP contribution in [-0.4, -0.2) is 66.1 Å². The molecular formula is C66H84N2O6. The molecule has 2 fully saturated rings. The molecule has 2 heterocycles. The van der Waals surface area contributed by atoms with Crippen LogP contribution in [0.5, 0.6) is 0 Å². The van der Waals surface area contributed by atoms with Crippen LogP contribution in [0.25, 0.3) is 11.1 Å². The standard InChI is InChI=1S/C66H84N2O6/c1-49-19-17-21-59(35-49)67(61-27-23-57(51(3)39-61)41-69-31-13-9-11-15-33-71-43-65(7)45-73-46-65)63-29-25-55(37-53(63)5)56-26-30-64(54(6)38-56)68(60-22-18-20-50(2)36-60)62-28-24-58(52(4)40-62)42-70-32-14-10-12-16-34-72-44-66(8)47-74-48-66/h17-30,35-40H,9-16,31-34,41-48H2,1-8H3. The molecule has 0 N–H and O–H groups in total. The van der Waals surface area contributed by atoms with Gasteiger partial charge < -0.3 is 38.2 Å². The Balaban J connectivity index is 0.901. The Hall–Kier alpha value is -5.32. The summed E-state index contributed by atoms with van der Waals surface area (Å²) < 4.78 is 34.9. The van der Waals surface area contributed by atoms with E-state index >= 15 is 0 Å². The molecule has 8 nitrogen and oxygen atoms in total. The summed E-state index contributed by atoms with van der Waals surface area (Å²) in [5.41, 5.74) is 19.5. The molecule has 0 amide bonds. The summed E-state index contributed by atoms with van der Waals surface area (Å²) in [4.78, 5) is 4.79. The number of rotatable bonds is 29. The minimum atomic E-state index is 0.226. The highest BCUT2D eigenvalue weighted by Crippen LogP contribution is 2.42. The molecule has 0 aliphatic carbocycles. The van der Waals surface area contributed by atoms with Crippen molar-refractivity contribution in [1.82, 2.24) is 0 Å². The highest BCUT2D eigenvalue weighted by molar-refractivity contribution is 5.84. The van der Waals surface area contributed by atoms with Gasteiger partial charge in [0, 0.05) is 71.4 Å². The van der Waals surface area contributed by atoms with E-state index in [0.717, 1.165) is 139 Å². The van der Waals surface area contributed by atoms with Crippen LogP contribution in [0, 0.1) is 52.4 Å². The monoisotopic (exact) mass is 1000 g/mol. The fourth-order valence-corrected chi connectivity index (χ4v) is 10.1. The van der Waals surface area contributed by atoms with Gasteiger partial charge in [-0.1, -0.05) is 88.1 Å². The maximum absolute atomic E-state index is 6.21. The van der Waals surface area contributed by atoms with E-state index < -0.39 is 0 Å². The Morgan fingerprint density at radius 1 is 0.392 bits per heavy atom. The number of unbranched alkanes of at least 4 members (excludes halogenated alkanes) is 6. The number of hydrogen-bond donors (Lipinski definition) is 0. The first-order valence-electron chi connectivity index (χ1n) is 27.5. The number of aryl methyl sites for hydroxylation is 6. The fourth-order valence-electron chi connectivity index (χ4n) is 10.1. The third-order valence-electron chi connectivity index (χ3n) is 14.8. The molecule has 8 rings (SSSR count). The van der Waals surface area contributed by atoms with E-state index in [9.17, 15) is 0 Å². The van der Waals surface area contributed by atoms with Crippen molar-refractivity contribution in [2.24, 2.45) is 10.8 Å². The number of ether oxygens (including phenoxy) is 6. The van der Waals surface area contributed by atoms with Gasteiger partial charge in [-0.25, -0.2) is 0 Å². The predicted octanol–water partition coefficient (Wildman–Crippen LogP) is 16.4. The zero-order valence-corrected chi connectivity index (χ0v) is 46.0. The van der Waals surface area contributed by atoms with Crippen molar-refractivity contribution in [3.63, 3.8) is 0 Å². The Bertz CT molecular complexity index is 2550. The third kappa shape index (κ3) is 15.0. The molecule has 0 spiro atoms. The summed E-state index contributed by atoms with van der Waals surface area (Å²) in [5, 5.41) is 0. The maximum atomic E-state index is 6.21. The van der Waals surface area contributed by atoms with Gasteiger partial charge in [0.1, 0.15) is 0 Å². The molecule has 0 atom stereocenters. The average Bonchev–Trinajstić information content (AvgIpc) is 3.36. The normalized spacial score (nSPS) is 14.6. The molecule has 0 radical (unpaired) electrons. The summed E-state index contributed by atoms with van der Waals surface area (Å²) in [6, 6.07) is 45.0. The number of nitrogens with zero attached hydrogens (tertiary/aromatic N) is 2. The summed E-state index contributed by atoms with van der Waals surface area (Å²) in [6.07, 6.45) is 8.98. The molecule has 394 valence electrons. The van der Waals surface area contributed by atoms with Crippen LogP contribution in [0.4, 0.5) is 34.1 Å². The van der Waals surface area contributed by atoms with E-state index in [1.54, 1.807) is 0 Å². The molecule has 6 aromatic rings. The van der Waals surface area contributed by atoms with Crippen molar-refractivity contribution in [2.45, 2.75) is 120 Å². The van der Waals surface area contributed by atoms with E-state index in [4.69, 9.17) is 28.4 Å². The van der Waals surface area contributed by atoms with Crippen molar-refractivity contribution < 1.29 is 28.4 Å². The molecule has 0 aromatic heterocycles. The Morgan fingerprint density at radius 3 is 1.11 bits per heavy atom. The van der Waals surface area contributed by atoms with Gasteiger partial charge in [-0.05, 0) is 196 Å². The molecule has 0 saturated carbocycles. The van der Waals surface area contributed by atoms with Crippen LogP contribution < -0.4 is 9.80 Å². The van der Waals surface area contributed by atoms with E-state index in [0.29, 0.717) is 13.2 Å². The molecule has 2 aliphatic rings. The lowest BCUT2D eigenvalue weighted by Gasteiger charge is -2.37. The van der Waals surface area contributed by atoms with Gasteiger partial charge >= 0.3 is 0 Å². The predicted molar refractivity (Wildman–Crippen MR) is 305 cm³/mol. The zero-order valence-electron chi connectivity index (χ0n) is 46.0. The van der Waals surface area contributed by atoms with E-state index in [1.807, 2.05) is 0 Å². The molecule has 74 heavy (non-hydrogen) atoms. The maximum Gasteiger partial charge on any atom is 0.0719 e. The molecule has 0 unspecified atom stereocenters. The zero-order chi connectivity index (χ0) is 51.9. The van der Waals surface area contributed by atoms with Crippen molar-refractivity contribution in [2.75, 3.05) is 75.9 Å². The van der Waals surface area contributed by atoms with Gasteiger partial charge in [0.15, 0.2) is 0 Å². The van der Waals surface area contributed by atoms with E-state index in [1.165, 1.54) is 68.5 Å². The quantitative estimate of drug-likeness (QED) is 0.0431. The van der Waals surface area contributed by atoms with E-state index in [2.05, 4.69) is 187 Å². The largest absolute Gasteiger partial charge is 0.381 e. The van der Waals surface area contributed by atoms with Gasteiger partial charge in [-0.2, -0.15) is 0 Å². The van der Waals surface area contributed by atoms with Crippen LogP contribution in [0.15, 0.2) is 121 Å². The first-order chi connectivity index (χ1) is 35.9. The number of hydrogen-bond acceptors (Lipinski definition) is 8. The second-order valence-electron chi connectivity index (χ2n) is 22.2. The summed E-state index contributed by atoms with van der Waals surface area (Å²) in [7, 11) is 0. The third-order valence-corrected chi connectivity index (χ3v) is 14.8. The van der Waals surface area contributed by atoms with Crippen LogP contribution in [0.1, 0.15) is 110 Å². The van der Waals surface area contributed by atoms with Crippen molar-refractivity contribution in [3.8, 4) is 11.1 Å². The molecule has 8 heteroatoms. The Morgan fingerprint density at radius 2 is 0.770 bits per heavy atom. The lowest BCUT2D eigenvalue weighted by atomic mass is 9.90. The lowest BCUT2D eigenvalue weighted by Crippen LogP contribution is -2.43. The van der Waals surface area contributed by atoms with Gasteiger partial charge in [-0.3, -0.25) is 0 Å². The molecule has 0 bridgehead atoms. The second-order valence-corrected chi connectivity index (χ2v) is 22.2. The Labute approximate surface area is 444 Å². The Kier molecular flexibility index (Phi) is 19.6. The van der Waals surface area contributed by atoms with Crippen molar-refractivity contribution >= 4 is 34.1 Å². The number of benzene rings is 6. The fraction of sp³-hybridized carbons (Fsp3) is 0.455. The van der Waals surface area contributed by atoms with Crippen molar-refractivity contribution in [1.29, 1.82) is 0 Å². The van der Waals surface area contributed by atoms with Crippen LogP contribution in [0.3, 0.4) is 0 Å². The summed E-state index contributed by atoms with van der Waals surface area (Å²) >= 11 is 0. The van der Waals surface area contributed by atoms with Crippen LogP contribution in [0.2, 0.25) is 0 Å². The minimum Gasteiger partial charge on any atom is -0.381 e. The highest BCUT2D eigenvalue weighted by Gasteiger charge is 2.34. The molecule has 2 aliphatic heterocycles. The average molecular weight is 1000 g/mol. The second kappa shape index (κ2) is 26.4. The molecule has 6 aromatic carbocycles. The van der Waals surface area contributed by atoms with Gasteiger partial charge in [-0.15, -0.1) is 0 Å². The smallest absolute Gasteiger partial charge is 0.0719 e. The highest BCUT2D eigenvalue weighted by atomic mass is 16.5. The van der Waals surface area contributed by atoms with Gasteiger partial charge in [0.05, 0.1) is 52.9 Å². The van der Waals surface area contributed by atoms with Crippen molar-refractivity contribution in [3.05, 3.63) is 166 Å². The van der Waals surface area contributed by atoms with Gasteiger partial charge in [0.2, 0.25) is 0 Å². The summed E-state index contributed by atoms with van der Waals surface area (Å²) in [6.45, 7) is 27.0. The van der Waals surface area contributed by atoms with Crippen LogP contribution >= 0.6 is 0 Å². The summed E-state index contributed by atoms with van der Waals surface area (Å²) in [5.74, 6) is 0. The number of anilines is 6. The SMILES string of the molecule is Cc1cccc(N(c2ccc(COCCCCCCOCC3(C)COC3)c(C)c2)c2ccc(-c3ccc(N(c4cccc(C)c4)c4ccc(COCCCCCCOCC5(C)COC5)c(C)c4)c(C)c3)cc2C)c1. The van der Waals surface area contributed by atoms with Gasteiger partial charge in [0.25, 0.3) is 0 Å². The molecular weight excluding hydrogens is 917 g/mol. The van der Waals surface area contributed by atoms with E-state index in [-0.39, 0.29) is 10.8 Å². The minimum absolute atomic E-state index is 0.226. The molecule has 2 saturated heterocycles. The topological polar surface area (TPSA) is 61.9 Å². The first kappa shape index (κ1) is 54.9. The lowest BCUT2D eigenvalue weighted by molar-refractivity contribution is -0.138. The first-order valence-corrected chi connectivity index (χ1v) is 27.5. The van der Waals surface area contributed by atoms with Crippen LogP contribution in [-0.2, 0) is 41.6 Å².